The van der Waals surface area contributed by atoms with Crippen molar-refractivity contribution in [1.82, 2.24) is 5.32 Å². The van der Waals surface area contributed by atoms with Crippen molar-refractivity contribution < 1.29 is 4.92 Å². The van der Waals surface area contributed by atoms with Crippen LogP contribution in [0.25, 0.3) is 0 Å². The van der Waals surface area contributed by atoms with Gasteiger partial charge in [0.1, 0.15) is 0 Å². The summed E-state index contributed by atoms with van der Waals surface area (Å²) in [5.41, 5.74) is 5.95. The Morgan fingerprint density at radius 2 is 2.09 bits per heavy atom. The first-order chi connectivity index (χ1) is 10.7. The van der Waals surface area contributed by atoms with E-state index in [-0.39, 0.29) is 16.7 Å². The molecule has 2 heterocycles. The molecule has 1 aliphatic carbocycles. The number of nitrogens with one attached hydrogen (secondary N) is 1. The van der Waals surface area contributed by atoms with E-state index in [1.807, 2.05) is 12.1 Å². The molecule has 0 spiro atoms. The van der Waals surface area contributed by atoms with Crippen molar-refractivity contribution in [2.75, 3.05) is 6.54 Å². The Morgan fingerprint density at radius 1 is 1.27 bits per heavy atom. The zero-order valence-electron chi connectivity index (χ0n) is 12.0. The van der Waals surface area contributed by atoms with Gasteiger partial charge in [-0.1, -0.05) is 30.4 Å². The maximum absolute atomic E-state index is 10.8. The van der Waals surface area contributed by atoms with Crippen LogP contribution in [0.15, 0.2) is 64.3 Å². The van der Waals surface area contributed by atoms with Crippen molar-refractivity contribution >= 4 is 11.4 Å². The number of nitrogens with zero attached hydrogens (tertiary/aromatic N) is 2. The average molecular weight is 293 g/mol. The van der Waals surface area contributed by atoms with E-state index < -0.39 is 0 Å². The number of nitro benzene ring substituents is 1. The first-order valence-electron chi connectivity index (χ1n) is 7.40. The summed E-state index contributed by atoms with van der Waals surface area (Å²) in [4.78, 5) is 15.2. The molecule has 1 aromatic rings. The number of benzene rings is 1. The van der Waals surface area contributed by atoms with Gasteiger partial charge in [0.25, 0.3) is 5.69 Å². The predicted octanol–water partition coefficient (Wildman–Crippen LogP) is 3.22. The van der Waals surface area contributed by atoms with Gasteiger partial charge in [0.15, 0.2) is 0 Å². The summed E-state index contributed by atoms with van der Waals surface area (Å²) in [5.74, 6) is 0. The van der Waals surface area contributed by atoms with E-state index >= 15 is 0 Å². The molecule has 5 nitrogen and oxygen atoms in total. The molecule has 1 N–H and O–H groups in total. The number of allylic oxidation sites excluding steroid dienone is 4. The van der Waals surface area contributed by atoms with Crippen LogP contribution in [-0.4, -0.2) is 17.2 Å². The number of non-ortho nitro benzene ring substituents is 1. The molecule has 4 rings (SSSR count). The standard InChI is InChI=1S/C17H15N3O2/c21-20(22)12-7-5-11(6-8-12)16-17-14(9-10-18-16)13-3-1-2-4-15(13)19-17/h1-3,5-8,16,18H,4,9-10H2. The lowest BCUT2D eigenvalue weighted by Crippen LogP contribution is -2.28. The first-order valence-corrected chi connectivity index (χ1v) is 7.40. The summed E-state index contributed by atoms with van der Waals surface area (Å²) in [6.07, 6.45) is 8.21. The highest BCUT2D eigenvalue weighted by Crippen LogP contribution is 2.40. The number of nitro groups is 1. The number of hydrogen-bond acceptors (Lipinski definition) is 4. The Hall–Kier alpha value is -2.53. The van der Waals surface area contributed by atoms with E-state index in [2.05, 4.69) is 23.5 Å². The van der Waals surface area contributed by atoms with Crippen molar-refractivity contribution in [2.24, 2.45) is 4.99 Å². The van der Waals surface area contributed by atoms with Crippen LogP contribution in [-0.2, 0) is 0 Å². The number of hydrogen-bond donors (Lipinski definition) is 1. The van der Waals surface area contributed by atoms with Crippen molar-refractivity contribution in [2.45, 2.75) is 18.9 Å². The van der Waals surface area contributed by atoms with Crippen molar-refractivity contribution in [3.05, 3.63) is 75.0 Å². The van der Waals surface area contributed by atoms with Crippen LogP contribution in [0.5, 0.6) is 0 Å². The van der Waals surface area contributed by atoms with Gasteiger partial charge in [0, 0.05) is 30.7 Å². The minimum absolute atomic E-state index is 0.0172. The van der Waals surface area contributed by atoms with Crippen LogP contribution >= 0.6 is 0 Å². The van der Waals surface area contributed by atoms with Gasteiger partial charge in [-0.3, -0.25) is 15.1 Å². The average Bonchev–Trinajstić information content (AvgIpc) is 2.93. The van der Waals surface area contributed by atoms with Crippen molar-refractivity contribution in [1.29, 1.82) is 0 Å². The van der Waals surface area contributed by atoms with Gasteiger partial charge >= 0.3 is 0 Å². The molecule has 1 atom stereocenters. The molecule has 1 aromatic carbocycles. The molecule has 0 aromatic heterocycles. The molecule has 1 unspecified atom stereocenters. The van der Waals surface area contributed by atoms with Gasteiger partial charge in [-0.05, 0) is 17.6 Å². The molecule has 5 heteroatoms. The number of fused-ring (bicyclic) bond motifs is 2. The van der Waals surface area contributed by atoms with Gasteiger partial charge in [-0.2, -0.15) is 0 Å². The van der Waals surface area contributed by atoms with E-state index in [1.165, 1.54) is 11.1 Å². The second-order valence-corrected chi connectivity index (χ2v) is 5.62. The van der Waals surface area contributed by atoms with E-state index in [1.54, 1.807) is 12.1 Å². The topological polar surface area (TPSA) is 67.5 Å². The lowest BCUT2D eigenvalue weighted by Gasteiger charge is -2.25. The van der Waals surface area contributed by atoms with Gasteiger partial charge in [0.05, 0.1) is 22.4 Å². The Balaban J connectivity index is 1.72. The second-order valence-electron chi connectivity index (χ2n) is 5.62. The van der Waals surface area contributed by atoms with Crippen LogP contribution in [0.3, 0.4) is 0 Å². The second kappa shape index (κ2) is 5.03. The molecule has 22 heavy (non-hydrogen) atoms. The molecular formula is C17H15N3O2. The minimum atomic E-state index is -0.371. The third kappa shape index (κ3) is 2.02. The number of rotatable bonds is 2. The summed E-state index contributed by atoms with van der Waals surface area (Å²) in [6, 6.07) is 6.77. The predicted molar refractivity (Wildman–Crippen MR) is 84.8 cm³/mol. The summed E-state index contributed by atoms with van der Waals surface area (Å²) < 4.78 is 0. The molecule has 0 amide bonds. The Labute approximate surface area is 127 Å². The molecule has 3 aliphatic rings. The molecule has 0 saturated carbocycles. The smallest absolute Gasteiger partial charge is 0.269 e. The molecular weight excluding hydrogens is 278 g/mol. The highest BCUT2D eigenvalue weighted by Gasteiger charge is 2.32. The fraction of sp³-hybridized carbons (Fsp3) is 0.235. The molecule has 0 fully saturated rings. The number of aliphatic imine (C=N–C) groups is 1. The summed E-state index contributed by atoms with van der Waals surface area (Å²) >= 11 is 0. The van der Waals surface area contributed by atoms with Crippen LogP contribution in [0, 0.1) is 10.1 Å². The Kier molecular flexibility index (Phi) is 3.01. The third-order valence-corrected chi connectivity index (χ3v) is 4.34. The fourth-order valence-corrected chi connectivity index (χ4v) is 3.29. The molecule has 0 saturated heterocycles. The van der Waals surface area contributed by atoms with Crippen LogP contribution in [0.2, 0.25) is 0 Å². The molecule has 110 valence electrons. The zero-order chi connectivity index (χ0) is 15.1. The van der Waals surface area contributed by atoms with Crippen molar-refractivity contribution in [3.8, 4) is 0 Å². The minimum Gasteiger partial charge on any atom is -0.305 e. The van der Waals surface area contributed by atoms with Crippen LogP contribution < -0.4 is 5.32 Å². The maximum atomic E-state index is 10.8. The molecule has 2 aliphatic heterocycles. The highest BCUT2D eigenvalue weighted by molar-refractivity contribution is 6.09. The maximum Gasteiger partial charge on any atom is 0.269 e. The van der Waals surface area contributed by atoms with E-state index in [0.717, 1.165) is 36.4 Å². The van der Waals surface area contributed by atoms with Gasteiger partial charge < -0.3 is 5.32 Å². The van der Waals surface area contributed by atoms with Crippen LogP contribution in [0.4, 0.5) is 5.69 Å². The molecule has 0 bridgehead atoms. The monoisotopic (exact) mass is 293 g/mol. The quantitative estimate of drug-likeness (QED) is 0.672. The third-order valence-electron chi connectivity index (χ3n) is 4.34. The molecule has 0 radical (unpaired) electrons. The normalized spacial score (nSPS) is 22.8. The first kappa shape index (κ1) is 13.2. The summed E-state index contributed by atoms with van der Waals surface area (Å²) in [7, 11) is 0. The largest absolute Gasteiger partial charge is 0.305 e. The van der Waals surface area contributed by atoms with Crippen molar-refractivity contribution in [3.63, 3.8) is 0 Å². The zero-order valence-corrected chi connectivity index (χ0v) is 12.0. The highest BCUT2D eigenvalue weighted by atomic mass is 16.6. The lowest BCUT2D eigenvalue weighted by atomic mass is 9.89. The Bertz CT molecular complexity index is 770. The fourth-order valence-electron chi connectivity index (χ4n) is 3.29. The van der Waals surface area contributed by atoms with Gasteiger partial charge in [-0.15, -0.1) is 0 Å². The van der Waals surface area contributed by atoms with E-state index in [4.69, 9.17) is 4.99 Å². The van der Waals surface area contributed by atoms with E-state index in [0.29, 0.717) is 0 Å². The summed E-state index contributed by atoms with van der Waals surface area (Å²) in [6.45, 7) is 0.893. The lowest BCUT2D eigenvalue weighted by molar-refractivity contribution is -0.384. The Morgan fingerprint density at radius 3 is 2.86 bits per heavy atom. The van der Waals surface area contributed by atoms with Crippen LogP contribution in [0.1, 0.15) is 24.4 Å². The SMILES string of the molecule is O=[N+]([O-])c1ccc(C2NCCC3=C2N=C2CC=CC=C23)cc1. The van der Waals surface area contributed by atoms with E-state index in [9.17, 15) is 10.1 Å². The van der Waals surface area contributed by atoms with Gasteiger partial charge in [-0.25, -0.2) is 0 Å². The van der Waals surface area contributed by atoms with Gasteiger partial charge in [0.2, 0.25) is 0 Å². The summed E-state index contributed by atoms with van der Waals surface area (Å²) in [5, 5.41) is 14.3.